The van der Waals surface area contributed by atoms with E-state index in [0.717, 1.165) is 0 Å². The number of primary amides is 1. The Morgan fingerprint density at radius 3 is 1.86 bits per heavy atom. The molecular weight excluding hydrogens is 386 g/mol. The molecule has 0 aliphatic heterocycles. The van der Waals surface area contributed by atoms with Crippen LogP contribution in [-0.4, -0.2) is 70.1 Å². The van der Waals surface area contributed by atoms with Crippen LogP contribution in [0, 0.1) is 5.92 Å². The van der Waals surface area contributed by atoms with E-state index in [4.69, 9.17) is 16.6 Å². The van der Waals surface area contributed by atoms with Gasteiger partial charge in [0.1, 0.15) is 18.1 Å². The van der Waals surface area contributed by atoms with Gasteiger partial charge >= 0.3 is 5.97 Å². The summed E-state index contributed by atoms with van der Waals surface area (Å²) in [6.07, 6.45) is -1.79. The lowest BCUT2D eigenvalue weighted by molar-refractivity contribution is -0.142. The molecule has 0 aromatic carbocycles. The number of nitrogens with one attached hydrogen (secondary N) is 3. The van der Waals surface area contributed by atoms with Gasteiger partial charge in [0.05, 0.1) is 12.1 Å². The Balaban J connectivity index is 5.34. The molecule has 29 heavy (non-hydrogen) atoms. The number of hydrogen-bond donors (Lipinski definition) is 7. The Bertz CT molecular complexity index is 623. The van der Waals surface area contributed by atoms with Gasteiger partial charge < -0.3 is 37.6 Å². The summed E-state index contributed by atoms with van der Waals surface area (Å²) >= 11 is 0. The van der Waals surface area contributed by atoms with Crippen LogP contribution in [0.2, 0.25) is 0 Å². The predicted molar refractivity (Wildman–Crippen MR) is 102 cm³/mol. The third kappa shape index (κ3) is 9.34. The predicted octanol–water partition coefficient (Wildman–Crippen LogP) is -2.83. The maximum Gasteiger partial charge on any atom is 0.325 e. The van der Waals surface area contributed by atoms with E-state index in [9.17, 15) is 29.1 Å². The van der Waals surface area contributed by atoms with E-state index in [2.05, 4.69) is 16.0 Å². The fourth-order valence-corrected chi connectivity index (χ4v) is 2.15. The normalized spacial score (nSPS) is 16.1. The van der Waals surface area contributed by atoms with Crippen LogP contribution in [0.15, 0.2) is 0 Å². The van der Waals surface area contributed by atoms with Gasteiger partial charge in [0.25, 0.3) is 0 Å². The van der Waals surface area contributed by atoms with Gasteiger partial charge in [-0.1, -0.05) is 13.8 Å². The monoisotopic (exact) mass is 417 g/mol. The molecule has 12 heteroatoms. The zero-order chi connectivity index (χ0) is 22.9. The van der Waals surface area contributed by atoms with Gasteiger partial charge in [0.2, 0.25) is 23.6 Å². The second-order valence-electron chi connectivity index (χ2n) is 7.13. The third-order valence-corrected chi connectivity index (χ3v) is 4.13. The first-order chi connectivity index (χ1) is 13.3. The van der Waals surface area contributed by atoms with E-state index in [1.54, 1.807) is 13.8 Å². The van der Waals surface area contributed by atoms with Gasteiger partial charge in [-0.15, -0.1) is 0 Å². The van der Waals surface area contributed by atoms with Crippen LogP contribution in [0.1, 0.15) is 40.5 Å². The van der Waals surface area contributed by atoms with Gasteiger partial charge in [0, 0.05) is 6.42 Å². The van der Waals surface area contributed by atoms with Gasteiger partial charge in [0.15, 0.2) is 0 Å². The van der Waals surface area contributed by atoms with Crippen molar-refractivity contribution in [2.24, 2.45) is 17.4 Å². The summed E-state index contributed by atoms with van der Waals surface area (Å²) in [5.41, 5.74) is 10.8. The van der Waals surface area contributed by atoms with Crippen molar-refractivity contribution in [1.82, 2.24) is 16.0 Å². The van der Waals surface area contributed by atoms with Crippen molar-refractivity contribution in [3.05, 3.63) is 0 Å². The number of nitrogens with two attached hydrogens (primary N) is 2. The number of aliphatic carboxylic acids is 1. The van der Waals surface area contributed by atoms with Gasteiger partial charge in [-0.3, -0.25) is 24.0 Å². The van der Waals surface area contributed by atoms with Crippen LogP contribution < -0.4 is 27.4 Å². The molecule has 5 unspecified atom stereocenters. The highest BCUT2D eigenvalue weighted by Crippen LogP contribution is 2.04. The molecule has 12 nitrogen and oxygen atoms in total. The summed E-state index contributed by atoms with van der Waals surface area (Å²) in [6, 6.07) is -4.90. The van der Waals surface area contributed by atoms with Crippen molar-refractivity contribution in [1.29, 1.82) is 0 Å². The Morgan fingerprint density at radius 2 is 1.45 bits per heavy atom. The lowest BCUT2D eigenvalue weighted by Crippen LogP contribution is -2.60. The van der Waals surface area contributed by atoms with E-state index in [1.807, 2.05) is 0 Å². The highest BCUT2D eigenvalue weighted by molar-refractivity contribution is 5.94. The third-order valence-electron chi connectivity index (χ3n) is 4.13. The van der Waals surface area contributed by atoms with Crippen LogP contribution in [0.25, 0.3) is 0 Å². The Kier molecular flexibility index (Phi) is 10.8. The summed E-state index contributed by atoms with van der Waals surface area (Å²) in [4.78, 5) is 58.9. The van der Waals surface area contributed by atoms with Crippen molar-refractivity contribution in [3.8, 4) is 0 Å². The molecule has 0 aromatic rings. The van der Waals surface area contributed by atoms with E-state index in [-0.39, 0.29) is 18.8 Å². The van der Waals surface area contributed by atoms with Crippen molar-refractivity contribution < 1.29 is 34.2 Å². The molecule has 4 amide bonds. The molecule has 5 atom stereocenters. The fraction of sp³-hybridized carbons (Fsp3) is 0.706. The number of aliphatic hydroxyl groups excluding tert-OH is 1. The molecule has 166 valence electrons. The van der Waals surface area contributed by atoms with Gasteiger partial charge in [-0.05, 0) is 26.2 Å². The molecule has 0 aliphatic rings. The van der Waals surface area contributed by atoms with Crippen molar-refractivity contribution in [2.45, 2.75) is 70.8 Å². The summed E-state index contributed by atoms with van der Waals surface area (Å²) in [6.45, 7) is 5.89. The van der Waals surface area contributed by atoms with E-state index in [1.165, 1.54) is 13.8 Å². The van der Waals surface area contributed by atoms with Crippen LogP contribution in [0.4, 0.5) is 0 Å². The second-order valence-corrected chi connectivity index (χ2v) is 7.13. The number of carbonyl (C=O) groups is 5. The second kappa shape index (κ2) is 12.0. The van der Waals surface area contributed by atoms with Crippen LogP contribution in [-0.2, 0) is 24.0 Å². The summed E-state index contributed by atoms with van der Waals surface area (Å²) < 4.78 is 0. The number of carbonyl (C=O) groups excluding carboxylic acids is 4. The first-order valence-electron chi connectivity index (χ1n) is 9.13. The number of amides is 4. The van der Waals surface area contributed by atoms with E-state index >= 15 is 0 Å². The van der Waals surface area contributed by atoms with Gasteiger partial charge in [-0.25, -0.2) is 0 Å². The Labute approximate surface area is 168 Å². The Hall–Kier alpha value is -2.73. The molecule has 9 N–H and O–H groups in total. The van der Waals surface area contributed by atoms with Crippen LogP contribution >= 0.6 is 0 Å². The lowest BCUT2D eigenvalue weighted by Gasteiger charge is -2.26. The molecule has 0 rings (SSSR count). The van der Waals surface area contributed by atoms with E-state index < -0.39 is 59.9 Å². The molecule has 0 bridgehead atoms. The van der Waals surface area contributed by atoms with Crippen molar-refractivity contribution in [2.75, 3.05) is 0 Å². The van der Waals surface area contributed by atoms with Crippen LogP contribution in [0.5, 0.6) is 0 Å². The maximum absolute atomic E-state index is 12.6. The number of carboxylic acids is 1. The van der Waals surface area contributed by atoms with Crippen molar-refractivity contribution >= 4 is 29.6 Å². The summed E-state index contributed by atoms with van der Waals surface area (Å²) in [7, 11) is 0. The highest BCUT2D eigenvalue weighted by atomic mass is 16.4. The lowest BCUT2D eigenvalue weighted by atomic mass is 10.0. The molecule has 0 radical (unpaired) electrons. The number of carboxylic acid groups (broad SMARTS) is 1. The standard InChI is InChI=1S/C17H31N5O7/c1-7(2)12(19)15(26)22-13(9(4)23)16(27)21-10(5-6-11(18)24)14(25)20-8(3)17(28)29/h7-10,12-13,23H,5-6,19H2,1-4H3,(H2,18,24)(H,20,25)(H,21,27)(H,22,26)(H,28,29). The molecule has 0 saturated heterocycles. The minimum Gasteiger partial charge on any atom is -0.480 e. The molecule has 0 aliphatic carbocycles. The first-order valence-corrected chi connectivity index (χ1v) is 9.13. The number of rotatable bonds is 12. The zero-order valence-electron chi connectivity index (χ0n) is 17.0. The fourth-order valence-electron chi connectivity index (χ4n) is 2.15. The minimum absolute atomic E-state index is 0.203. The molecule has 0 fully saturated rings. The van der Waals surface area contributed by atoms with Crippen molar-refractivity contribution in [3.63, 3.8) is 0 Å². The van der Waals surface area contributed by atoms with Gasteiger partial charge in [-0.2, -0.15) is 0 Å². The number of aliphatic hydroxyl groups is 1. The molecular formula is C17H31N5O7. The average Bonchev–Trinajstić information content (AvgIpc) is 2.60. The SMILES string of the molecule is CC(NC(=O)C(CCC(N)=O)NC(=O)C(NC(=O)C(N)C(C)C)C(C)O)C(=O)O. The quantitative estimate of drug-likeness (QED) is 0.175. The van der Waals surface area contributed by atoms with E-state index in [0.29, 0.717) is 0 Å². The first kappa shape index (κ1) is 26.3. The maximum atomic E-state index is 12.6. The molecule has 0 saturated carbocycles. The average molecular weight is 417 g/mol. The molecule has 0 aromatic heterocycles. The highest BCUT2D eigenvalue weighted by Gasteiger charge is 2.32. The molecule has 0 spiro atoms. The minimum atomic E-state index is -1.42. The zero-order valence-corrected chi connectivity index (χ0v) is 17.0. The van der Waals surface area contributed by atoms with Crippen LogP contribution in [0.3, 0.4) is 0 Å². The molecule has 0 heterocycles. The smallest absolute Gasteiger partial charge is 0.325 e. The largest absolute Gasteiger partial charge is 0.480 e. The Morgan fingerprint density at radius 1 is 0.897 bits per heavy atom. The number of hydrogen-bond acceptors (Lipinski definition) is 7. The summed E-state index contributed by atoms with van der Waals surface area (Å²) in [5, 5.41) is 25.6. The summed E-state index contributed by atoms with van der Waals surface area (Å²) in [5.74, 6) is -4.68. The topological polar surface area (TPSA) is 214 Å².